The molecule has 0 saturated carbocycles. The van der Waals surface area contributed by atoms with E-state index in [0.29, 0.717) is 11.4 Å². The third-order valence-corrected chi connectivity index (χ3v) is 2.34. The van der Waals surface area contributed by atoms with Crippen LogP contribution in [0.4, 0.5) is 0 Å². The Hall–Kier alpha value is 1.53. The molecule has 1 heterocycles. The maximum Gasteiger partial charge on any atom is 1.00 e. The molecule has 13 heavy (non-hydrogen) atoms. The summed E-state index contributed by atoms with van der Waals surface area (Å²) in [4.78, 5) is 14.0. The standard InChI is InChI=1S/C7H7Cl2NO.2Na.2H/c1-3-5(8)7(11)6(9)4(2)10-3;;;;/h1-2H3,(H,10,11);;;;/q;2*+1;2*-1. The second-order valence-electron chi connectivity index (χ2n) is 2.33. The van der Waals surface area contributed by atoms with Crippen LogP contribution in [-0.2, 0) is 0 Å². The van der Waals surface area contributed by atoms with Crippen LogP contribution in [0.1, 0.15) is 14.2 Å². The fourth-order valence-corrected chi connectivity index (χ4v) is 1.16. The Labute approximate surface area is 134 Å². The molecule has 1 N–H and O–H groups in total. The Bertz CT molecular complexity index is 330. The number of H-pyrrole nitrogens is 1. The first-order chi connectivity index (χ1) is 5.04. The summed E-state index contributed by atoms with van der Waals surface area (Å²) in [5.74, 6) is 0. The average molecular weight is 240 g/mol. The van der Waals surface area contributed by atoms with Crippen molar-refractivity contribution in [3.05, 3.63) is 31.7 Å². The number of aryl methyl sites for hydroxylation is 2. The predicted molar refractivity (Wildman–Crippen MR) is 48.8 cm³/mol. The molecule has 0 saturated heterocycles. The average Bonchev–Trinajstić information content (AvgIpc) is 1.97. The van der Waals surface area contributed by atoms with Crippen molar-refractivity contribution in [3.63, 3.8) is 0 Å². The summed E-state index contributed by atoms with van der Waals surface area (Å²) in [6, 6.07) is 0. The van der Waals surface area contributed by atoms with Crippen molar-refractivity contribution in [3.8, 4) is 0 Å². The van der Waals surface area contributed by atoms with Crippen molar-refractivity contribution in [1.29, 1.82) is 0 Å². The molecular formula is C7H9Cl2NNa2O. The van der Waals surface area contributed by atoms with Crippen LogP contribution in [0.3, 0.4) is 0 Å². The molecule has 6 heteroatoms. The molecule has 0 radical (unpaired) electrons. The Morgan fingerprint density at radius 2 is 1.38 bits per heavy atom. The summed E-state index contributed by atoms with van der Waals surface area (Å²) in [6.45, 7) is 3.46. The molecule has 1 rings (SSSR count). The summed E-state index contributed by atoms with van der Waals surface area (Å²) < 4.78 is 0. The first-order valence-electron chi connectivity index (χ1n) is 3.08. The monoisotopic (exact) mass is 239 g/mol. The van der Waals surface area contributed by atoms with Crippen molar-refractivity contribution in [2.75, 3.05) is 0 Å². The summed E-state index contributed by atoms with van der Waals surface area (Å²) >= 11 is 11.3. The summed E-state index contributed by atoms with van der Waals surface area (Å²) in [5.41, 5.74) is 0.999. The molecule has 0 spiro atoms. The topological polar surface area (TPSA) is 32.9 Å². The molecule has 2 nitrogen and oxygen atoms in total. The molecular weight excluding hydrogens is 231 g/mol. The maximum atomic E-state index is 11.1. The van der Waals surface area contributed by atoms with Crippen LogP contribution in [0, 0.1) is 13.8 Å². The van der Waals surface area contributed by atoms with E-state index in [1.165, 1.54) is 0 Å². The van der Waals surface area contributed by atoms with E-state index in [4.69, 9.17) is 23.2 Å². The van der Waals surface area contributed by atoms with Gasteiger partial charge in [0.1, 0.15) is 10.0 Å². The van der Waals surface area contributed by atoms with Gasteiger partial charge >= 0.3 is 59.1 Å². The van der Waals surface area contributed by atoms with Crippen molar-refractivity contribution < 1.29 is 62.0 Å². The Kier molecular flexibility index (Phi) is 9.01. The van der Waals surface area contributed by atoms with E-state index in [2.05, 4.69) is 4.98 Å². The van der Waals surface area contributed by atoms with Gasteiger partial charge in [0.05, 0.1) is 0 Å². The number of pyridine rings is 1. The fourth-order valence-electron chi connectivity index (χ4n) is 0.828. The minimum Gasteiger partial charge on any atom is -1.00 e. The van der Waals surface area contributed by atoms with E-state index in [9.17, 15) is 4.79 Å². The molecule has 0 aliphatic heterocycles. The van der Waals surface area contributed by atoms with Gasteiger partial charge in [-0.15, -0.1) is 0 Å². The van der Waals surface area contributed by atoms with E-state index in [-0.39, 0.29) is 77.4 Å². The number of aromatic nitrogens is 1. The quantitative estimate of drug-likeness (QED) is 0.470. The fraction of sp³-hybridized carbons (Fsp3) is 0.286. The van der Waals surface area contributed by atoms with Gasteiger partial charge in [0.25, 0.3) is 0 Å². The Morgan fingerprint density at radius 1 is 1.08 bits per heavy atom. The second kappa shape index (κ2) is 6.91. The van der Waals surface area contributed by atoms with Gasteiger partial charge in [0.2, 0.25) is 5.43 Å². The minimum absolute atomic E-state index is 0. The number of aromatic amines is 1. The number of nitrogens with one attached hydrogen (secondary N) is 1. The molecule has 1 aromatic rings. The van der Waals surface area contributed by atoms with Crippen LogP contribution in [0.15, 0.2) is 4.79 Å². The van der Waals surface area contributed by atoms with Crippen LogP contribution in [0.25, 0.3) is 0 Å². The summed E-state index contributed by atoms with van der Waals surface area (Å²) in [6.07, 6.45) is 0. The molecule has 0 fully saturated rings. The van der Waals surface area contributed by atoms with Crippen LogP contribution in [0.2, 0.25) is 10.0 Å². The first kappa shape index (κ1) is 16.9. The summed E-state index contributed by atoms with van der Waals surface area (Å²) in [7, 11) is 0. The number of halogens is 2. The van der Waals surface area contributed by atoms with E-state index in [0.717, 1.165) is 0 Å². The van der Waals surface area contributed by atoms with Crippen LogP contribution in [-0.4, -0.2) is 4.98 Å². The molecule has 64 valence electrons. The molecule has 0 aliphatic rings. The van der Waals surface area contributed by atoms with Crippen LogP contribution >= 0.6 is 23.2 Å². The zero-order chi connectivity index (χ0) is 8.59. The molecule has 0 bridgehead atoms. The smallest absolute Gasteiger partial charge is 1.00 e. The van der Waals surface area contributed by atoms with Gasteiger partial charge in [0.15, 0.2) is 0 Å². The van der Waals surface area contributed by atoms with Gasteiger partial charge in [-0.1, -0.05) is 23.2 Å². The van der Waals surface area contributed by atoms with Gasteiger partial charge in [-0.2, -0.15) is 0 Å². The Balaban J connectivity index is -0.000000151. The molecule has 0 unspecified atom stereocenters. The first-order valence-corrected chi connectivity index (χ1v) is 3.84. The zero-order valence-corrected chi connectivity index (χ0v) is 13.7. The van der Waals surface area contributed by atoms with Gasteiger partial charge in [-0.3, -0.25) is 4.79 Å². The number of hydrogen-bond acceptors (Lipinski definition) is 1. The second-order valence-corrected chi connectivity index (χ2v) is 3.09. The molecule has 0 atom stereocenters. The summed E-state index contributed by atoms with van der Waals surface area (Å²) in [5, 5.41) is 0.334. The SMILES string of the molecule is Cc1[nH]c(C)c(Cl)c(=O)c1Cl.[H-].[H-].[Na+].[Na+]. The normalized spacial score (nSPS) is 8.62. The number of hydrogen-bond donors (Lipinski definition) is 1. The predicted octanol–water partition coefficient (Wildman–Crippen LogP) is -3.47. The third kappa shape index (κ3) is 3.88. The van der Waals surface area contributed by atoms with Gasteiger partial charge in [0, 0.05) is 11.4 Å². The van der Waals surface area contributed by atoms with Crippen molar-refractivity contribution in [2.24, 2.45) is 0 Å². The van der Waals surface area contributed by atoms with Crippen LogP contribution < -0.4 is 64.5 Å². The zero-order valence-electron chi connectivity index (χ0n) is 10.2. The number of rotatable bonds is 0. The van der Waals surface area contributed by atoms with Crippen LogP contribution in [0.5, 0.6) is 0 Å². The van der Waals surface area contributed by atoms with E-state index in [1.54, 1.807) is 13.8 Å². The van der Waals surface area contributed by atoms with E-state index in [1.807, 2.05) is 0 Å². The molecule has 1 aromatic heterocycles. The van der Waals surface area contributed by atoms with Crippen molar-refractivity contribution in [1.82, 2.24) is 4.98 Å². The third-order valence-electron chi connectivity index (χ3n) is 1.43. The Morgan fingerprint density at radius 3 is 1.69 bits per heavy atom. The van der Waals surface area contributed by atoms with E-state index < -0.39 is 0 Å². The molecule has 0 aliphatic carbocycles. The van der Waals surface area contributed by atoms with Gasteiger partial charge in [-0.05, 0) is 13.8 Å². The van der Waals surface area contributed by atoms with Gasteiger partial charge in [-0.25, -0.2) is 0 Å². The van der Waals surface area contributed by atoms with E-state index >= 15 is 0 Å². The van der Waals surface area contributed by atoms with Gasteiger partial charge < -0.3 is 7.84 Å². The maximum absolute atomic E-state index is 11.1. The molecule has 0 aromatic carbocycles. The van der Waals surface area contributed by atoms with Crippen molar-refractivity contribution in [2.45, 2.75) is 13.8 Å². The molecule has 0 amide bonds. The largest absolute Gasteiger partial charge is 1.00 e. The van der Waals surface area contributed by atoms with Crippen molar-refractivity contribution >= 4 is 23.2 Å². The minimum atomic E-state index is -0.304.